The lowest BCUT2D eigenvalue weighted by Gasteiger charge is -2.02. The van der Waals surface area contributed by atoms with Gasteiger partial charge in [-0.1, -0.05) is 18.2 Å². The third-order valence-electron chi connectivity index (χ3n) is 1.69. The van der Waals surface area contributed by atoms with Crippen LogP contribution >= 0.6 is 0 Å². The summed E-state index contributed by atoms with van der Waals surface area (Å²) in [7, 11) is 0. The Morgan fingerprint density at radius 3 is 2.00 bits per heavy atom. The van der Waals surface area contributed by atoms with Crippen molar-refractivity contribution in [3.63, 3.8) is 0 Å². The molecule has 0 aromatic heterocycles. The summed E-state index contributed by atoms with van der Waals surface area (Å²) in [5.74, 6) is -0.847. The van der Waals surface area contributed by atoms with Crippen LogP contribution < -0.4 is 0 Å². The summed E-state index contributed by atoms with van der Waals surface area (Å²) in [4.78, 5) is 10.6. The highest BCUT2D eigenvalue weighted by molar-refractivity contribution is 5.90. The molecule has 0 fully saturated rings. The summed E-state index contributed by atoms with van der Waals surface area (Å²) >= 11 is 0. The van der Waals surface area contributed by atoms with Gasteiger partial charge in [0.05, 0.1) is 5.56 Å². The SMILES string of the molecule is Cc1cccc(C)c1[14C](=O)O. The molecule has 58 valence electrons. The first-order chi connectivity index (χ1) is 5.13. The standard InChI is InChI=1S/C9H10O2/c1-6-4-3-5-7(2)8(6)9(10)11/h3-5H,1-2H3,(H,10,11)/i9+2. The second-order valence-electron chi connectivity index (χ2n) is 2.57. The number of hydrogen-bond acceptors (Lipinski definition) is 1. The van der Waals surface area contributed by atoms with Crippen LogP contribution in [0.3, 0.4) is 0 Å². The van der Waals surface area contributed by atoms with E-state index in [4.69, 9.17) is 5.11 Å². The molecule has 0 aliphatic carbocycles. The van der Waals surface area contributed by atoms with Crippen molar-refractivity contribution < 1.29 is 9.90 Å². The fourth-order valence-corrected chi connectivity index (χ4v) is 1.15. The average molecular weight is 152 g/mol. The summed E-state index contributed by atoms with van der Waals surface area (Å²) in [5.41, 5.74) is 2.06. The van der Waals surface area contributed by atoms with Crippen molar-refractivity contribution in [2.45, 2.75) is 13.8 Å². The van der Waals surface area contributed by atoms with E-state index >= 15 is 0 Å². The van der Waals surface area contributed by atoms with Gasteiger partial charge in [0.1, 0.15) is 0 Å². The molecule has 0 aliphatic rings. The fourth-order valence-electron chi connectivity index (χ4n) is 1.15. The molecule has 0 aliphatic heterocycles. The second kappa shape index (κ2) is 2.74. The van der Waals surface area contributed by atoms with Crippen LogP contribution in [0.4, 0.5) is 0 Å². The van der Waals surface area contributed by atoms with E-state index in [9.17, 15) is 4.79 Å². The molecule has 2 nitrogen and oxygen atoms in total. The topological polar surface area (TPSA) is 37.3 Å². The van der Waals surface area contributed by atoms with Crippen LogP contribution in [0.25, 0.3) is 0 Å². The summed E-state index contributed by atoms with van der Waals surface area (Å²) in [6.45, 7) is 3.60. The number of carboxylic acid groups (broad SMARTS) is 1. The molecular formula is C9H10O2. The number of aromatic carboxylic acids is 1. The van der Waals surface area contributed by atoms with Gasteiger partial charge in [0.2, 0.25) is 0 Å². The zero-order valence-corrected chi connectivity index (χ0v) is 6.59. The molecule has 0 unspecified atom stereocenters. The van der Waals surface area contributed by atoms with Gasteiger partial charge in [0.25, 0.3) is 0 Å². The highest BCUT2D eigenvalue weighted by Gasteiger charge is 2.08. The molecule has 1 aromatic carbocycles. The van der Waals surface area contributed by atoms with Crippen molar-refractivity contribution in [3.05, 3.63) is 34.9 Å². The van der Waals surface area contributed by atoms with Crippen molar-refractivity contribution in [1.29, 1.82) is 0 Å². The lowest BCUT2D eigenvalue weighted by molar-refractivity contribution is 0.0695. The zero-order valence-electron chi connectivity index (χ0n) is 6.59. The van der Waals surface area contributed by atoms with Gasteiger partial charge in [-0.2, -0.15) is 0 Å². The molecule has 0 bridgehead atoms. The normalized spacial score (nSPS) is 9.64. The molecule has 0 atom stereocenters. The minimum absolute atomic E-state index is 0.424. The number of aryl methyl sites for hydroxylation is 2. The third kappa shape index (κ3) is 1.40. The Bertz CT molecular complexity index is 269. The van der Waals surface area contributed by atoms with E-state index in [2.05, 4.69) is 0 Å². The maximum Gasteiger partial charge on any atom is 0.336 e. The highest BCUT2D eigenvalue weighted by Crippen LogP contribution is 2.12. The van der Waals surface area contributed by atoms with Crippen LogP contribution in [-0.2, 0) is 0 Å². The molecule has 0 spiro atoms. The quantitative estimate of drug-likeness (QED) is 0.668. The highest BCUT2D eigenvalue weighted by atomic mass is 16.6. The van der Waals surface area contributed by atoms with Crippen LogP contribution in [0.2, 0.25) is 0 Å². The largest absolute Gasteiger partial charge is 0.478 e. The maximum absolute atomic E-state index is 10.6. The van der Waals surface area contributed by atoms with E-state index in [0.29, 0.717) is 5.56 Å². The Labute approximate surface area is 65.5 Å². The number of carbonyl (C=O) groups is 1. The van der Waals surface area contributed by atoms with Crippen molar-refractivity contribution >= 4 is 5.97 Å². The van der Waals surface area contributed by atoms with E-state index in [-0.39, 0.29) is 0 Å². The molecule has 11 heavy (non-hydrogen) atoms. The van der Waals surface area contributed by atoms with Crippen LogP contribution in [0, 0.1) is 13.8 Å². The number of carboxylic acids is 1. The van der Waals surface area contributed by atoms with E-state index in [0.717, 1.165) is 11.1 Å². The molecule has 1 aromatic rings. The van der Waals surface area contributed by atoms with Crippen molar-refractivity contribution in [2.24, 2.45) is 0 Å². The minimum Gasteiger partial charge on any atom is -0.478 e. The predicted molar refractivity (Wildman–Crippen MR) is 42.9 cm³/mol. The van der Waals surface area contributed by atoms with Crippen molar-refractivity contribution in [1.82, 2.24) is 0 Å². The smallest absolute Gasteiger partial charge is 0.336 e. The molecule has 0 radical (unpaired) electrons. The molecule has 2 heteroatoms. The van der Waals surface area contributed by atoms with Gasteiger partial charge < -0.3 is 5.11 Å². The molecule has 0 heterocycles. The van der Waals surface area contributed by atoms with Gasteiger partial charge in [-0.05, 0) is 25.0 Å². The van der Waals surface area contributed by atoms with Crippen LogP contribution in [0.5, 0.6) is 0 Å². The van der Waals surface area contributed by atoms with Gasteiger partial charge in [-0.15, -0.1) is 0 Å². The van der Waals surface area contributed by atoms with Crippen LogP contribution in [0.1, 0.15) is 21.5 Å². The fraction of sp³-hybridized carbons (Fsp3) is 0.222. The second-order valence-corrected chi connectivity index (χ2v) is 2.57. The predicted octanol–water partition coefficient (Wildman–Crippen LogP) is 2.00. The summed E-state index contributed by atoms with van der Waals surface area (Å²) < 4.78 is 0. The lowest BCUT2D eigenvalue weighted by Crippen LogP contribution is -2.01. The van der Waals surface area contributed by atoms with Gasteiger partial charge in [-0.3, -0.25) is 0 Å². The van der Waals surface area contributed by atoms with E-state index in [1.165, 1.54) is 0 Å². The van der Waals surface area contributed by atoms with E-state index < -0.39 is 5.97 Å². The molecule has 1 N–H and O–H groups in total. The molecule has 0 amide bonds. The van der Waals surface area contributed by atoms with Crippen LogP contribution in [-0.4, -0.2) is 11.1 Å². The minimum atomic E-state index is -0.847. The Morgan fingerprint density at radius 1 is 1.27 bits per heavy atom. The number of rotatable bonds is 1. The Morgan fingerprint density at radius 2 is 1.73 bits per heavy atom. The first-order valence-corrected chi connectivity index (χ1v) is 3.42. The van der Waals surface area contributed by atoms with Gasteiger partial charge in [-0.25, -0.2) is 4.79 Å². The first-order valence-electron chi connectivity index (χ1n) is 3.42. The van der Waals surface area contributed by atoms with Crippen molar-refractivity contribution in [2.75, 3.05) is 0 Å². The van der Waals surface area contributed by atoms with E-state index in [1.807, 2.05) is 6.07 Å². The molecule has 1 rings (SSSR count). The van der Waals surface area contributed by atoms with E-state index in [1.54, 1.807) is 26.0 Å². The number of hydrogen-bond donors (Lipinski definition) is 1. The Kier molecular flexibility index (Phi) is 1.94. The van der Waals surface area contributed by atoms with Gasteiger partial charge in [0.15, 0.2) is 0 Å². The average Bonchev–Trinajstić information content (AvgIpc) is 1.85. The van der Waals surface area contributed by atoms with Gasteiger partial charge >= 0.3 is 5.97 Å². The zero-order chi connectivity index (χ0) is 8.43. The lowest BCUT2D eigenvalue weighted by atomic mass is 10.1. The third-order valence-corrected chi connectivity index (χ3v) is 1.69. The van der Waals surface area contributed by atoms with Gasteiger partial charge in [0, 0.05) is 0 Å². The maximum atomic E-state index is 10.6. The summed E-state index contributed by atoms with van der Waals surface area (Å²) in [6, 6.07) is 5.46. The first kappa shape index (κ1) is 7.79. The monoisotopic (exact) mass is 152 g/mol. The molecule has 0 saturated carbocycles. The Balaban J connectivity index is 3.32. The molecular weight excluding hydrogens is 142 g/mol. The van der Waals surface area contributed by atoms with Crippen LogP contribution in [0.15, 0.2) is 18.2 Å². The Hall–Kier alpha value is -1.31. The summed E-state index contributed by atoms with van der Waals surface area (Å²) in [5, 5.41) is 8.75. The van der Waals surface area contributed by atoms with Crippen molar-refractivity contribution in [3.8, 4) is 0 Å². The molecule has 0 saturated heterocycles. The number of benzene rings is 1. The summed E-state index contributed by atoms with van der Waals surface area (Å²) in [6.07, 6.45) is 0.